The Kier molecular flexibility index (Phi) is 12.2. The van der Waals surface area contributed by atoms with Gasteiger partial charge in [0.15, 0.2) is 17.5 Å². The molecule has 7 nitrogen and oxygen atoms in total. The number of para-hydroxylation sites is 1. The lowest BCUT2D eigenvalue weighted by atomic mass is 10.2. The van der Waals surface area contributed by atoms with Gasteiger partial charge in [-0.2, -0.15) is 0 Å². The fraction of sp³-hybridized carbons (Fsp3) is 0.480. The first-order chi connectivity index (χ1) is 15.7. The van der Waals surface area contributed by atoms with Crippen LogP contribution in [0.2, 0.25) is 0 Å². The first-order valence-electron chi connectivity index (χ1n) is 11.5. The molecule has 0 amide bonds. The maximum absolute atomic E-state index is 5.39. The van der Waals surface area contributed by atoms with Crippen LogP contribution in [0.5, 0.6) is 11.5 Å². The highest BCUT2D eigenvalue weighted by atomic mass is 127. The molecule has 0 atom stereocenters. The number of halogens is 1. The molecule has 1 aliphatic heterocycles. The third-order valence-corrected chi connectivity index (χ3v) is 5.64. The summed E-state index contributed by atoms with van der Waals surface area (Å²) >= 11 is 0. The molecule has 8 heteroatoms. The Morgan fingerprint density at radius 3 is 2.33 bits per heavy atom. The fourth-order valence-electron chi connectivity index (χ4n) is 3.86. The number of ether oxygens (including phenoxy) is 2. The highest BCUT2D eigenvalue weighted by Gasteiger charge is 2.16. The summed E-state index contributed by atoms with van der Waals surface area (Å²) in [5, 5.41) is 6.66. The zero-order valence-electron chi connectivity index (χ0n) is 20.0. The summed E-state index contributed by atoms with van der Waals surface area (Å²) < 4.78 is 10.7. The number of benzene rings is 2. The third-order valence-electron chi connectivity index (χ3n) is 5.64. The number of unbranched alkanes of at least 4 members (excludes halogenated alkanes) is 1. The van der Waals surface area contributed by atoms with Crippen molar-refractivity contribution in [3.8, 4) is 11.5 Å². The van der Waals surface area contributed by atoms with Gasteiger partial charge in [-0.05, 0) is 50.6 Å². The van der Waals surface area contributed by atoms with E-state index >= 15 is 0 Å². The maximum atomic E-state index is 5.39. The zero-order valence-corrected chi connectivity index (χ0v) is 22.4. The van der Waals surface area contributed by atoms with E-state index in [4.69, 9.17) is 14.5 Å². The van der Waals surface area contributed by atoms with E-state index in [1.165, 1.54) is 5.69 Å². The van der Waals surface area contributed by atoms with Crippen LogP contribution in [0, 0.1) is 0 Å². The number of piperazine rings is 1. The normalized spacial score (nSPS) is 14.4. The largest absolute Gasteiger partial charge is 0.493 e. The van der Waals surface area contributed by atoms with Gasteiger partial charge in [0, 0.05) is 56.7 Å². The quantitative estimate of drug-likeness (QED) is 0.193. The van der Waals surface area contributed by atoms with E-state index in [1.54, 1.807) is 14.2 Å². The van der Waals surface area contributed by atoms with Crippen LogP contribution in [-0.4, -0.2) is 70.9 Å². The van der Waals surface area contributed by atoms with E-state index in [9.17, 15) is 0 Å². The molecule has 33 heavy (non-hydrogen) atoms. The standard InChI is InChI=1S/C25H37N5O2.HI/c1-4-26-25(28-21-12-13-23(31-2)24(20-21)32-3)27-14-8-9-15-29-16-18-30(19-17-29)22-10-6-5-7-11-22;/h5-7,10-13,20H,4,8-9,14-19H2,1-3H3,(H2,26,27,28);1H. The Morgan fingerprint density at radius 2 is 1.67 bits per heavy atom. The van der Waals surface area contributed by atoms with Crippen LogP contribution in [0.15, 0.2) is 53.5 Å². The number of hydrogen-bond donors (Lipinski definition) is 2. The number of guanidine groups is 1. The molecule has 0 radical (unpaired) electrons. The van der Waals surface area contributed by atoms with Crippen molar-refractivity contribution in [3.05, 3.63) is 48.5 Å². The van der Waals surface area contributed by atoms with Crippen LogP contribution in [0.25, 0.3) is 0 Å². The molecule has 2 aromatic rings. The molecule has 0 spiro atoms. The van der Waals surface area contributed by atoms with Gasteiger partial charge in [-0.25, -0.2) is 0 Å². The number of anilines is 2. The van der Waals surface area contributed by atoms with E-state index in [2.05, 4.69) is 57.7 Å². The maximum Gasteiger partial charge on any atom is 0.195 e. The summed E-state index contributed by atoms with van der Waals surface area (Å²) in [6, 6.07) is 16.5. The van der Waals surface area contributed by atoms with E-state index in [-0.39, 0.29) is 24.0 Å². The molecule has 0 saturated carbocycles. The molecule has 1 saturated heterocycles. The topological polar surface area (TPSA) is 61.4 Å². The minimum Gasteiger partial charge on any atom is -0.493 e. The molecule has 1 heterocycles. The highest BCUT2D eigenvalue weighted by molar-refractivity contribution is 14.0. The zero-order chi connectivity index (χ0) is 22.6. The van der Waals surface area contributed by atoms with Crippen LogP contribution < -0.4 is 25.0 Å². The lowest BCUT2D eigenvalue weighted by molar-refractivity contribution is 0.253. The van der Waals surface area contributed by atoms with Gasteiger partial charge in [0.25, 0.3) is 0 Å². The molecule has 182 valence electrons. The number of nitrogens with zero attached hydrogens (tertiary/aromatic N) is 3. The van der Waals surface area contributed by atoms with Crippen LogP contribution >= 0.6 is 24.0 Å². The Hall–Kier alpha value is -2.20. The van der Waals surface area contributed by atoms with Crippen molar-refractivity contribution in [2.24, 2.45) is 4.99 Å². The summed E-state index contributed by atoms with van der Waals surface area (Å²) in [6.07, 6.45) is 2.23. The Balaban J connectivity index is 0.00000385. The van der Waals surface area contributed by atoms with E-state index in [1.807, 2.05) is 18.2 Å². The van der Waals surface area contributed by atoms with Crippen molar-refractivity contribution in [3.63, 3.8) is 0 Å². The van der Waals surface area contributed by atoms with Crippen molar-refractivity contribution in [1.82, 2.24) is 10.2 Å². The van der Waals surface area contributed by atoms with E-state index in [0.717, 1.165) is 70.3 Å². The predicted molar refractivity (Wildman–Crippen MR) is 149 cm³/mol. The number of nitrogens with one attached hydrogen (secondary N) is 2. The molecular weight excluding hydrogens is 529 g/mol. The summed E-state index contributed by atoms with van der Waals surface area (Å²) in [4.78, 5) is 9.78. The van der Waals surface area contributed by atoms with E-state index < -0.39 is 0 Å². The second-order valence-electron chi connectivity index (χ2n) is 7.83. The van der Waals surface area contributed by atoms with Gasteiger partial charge in [-0.3, -0.25) is 9.89 Å². The fourth-order valence-corrected chi connectivity index (χ4v) is 3.86. The average Bonchev–Trinajstić information content (AvgIpc) is 2.84. The molecule has 0 aromatic heterocycles. The molecule has 2 aromatic carbocycles. The second kappa shape index (κ2) is 14.8. The first-order valence-corrected chi connectivity index (χ1v) is 11.5. The van der Waals surface area contributed by atoms with Gasteiger partial charge in [-0.15, -0.1) is 24.0 Å². The first kappa shape index (κ1) is 27.0. The molecule has 0 aliphatic carbocycles. The summed E-state index contributed by atoms with van der Waals surface area (Å²) in [7, 11) is 3.28. The second-order valence-corrected chi connectivity index (χ2v) is 7.83. The minimum absolute atomic E-state index is 0. The van der Waals surface area contributed by atoms with Gasteiger partial charge in [0.2, 0.25) is 0 Å². The summed E-state index contributed by atoms with van der Waals surface area (Å²) in [5.41, 5.74) is 2.25. The van der Waals surface area contributed by atoms with Crippen molar-refractivity contribution in [2.75, 3.05) is 70.2 Å². The molecule has 1 fully saturated rings. The van der Waals surface area contributed by atoms with Crippen LogP contribution in [0.3, 0.4) is 0 Å². The molecule has 2 N–H and O–H groups in total. The van der Waals surface area contributed by atoms with Gasteiger partial charge in [-0.1, -0.05) is 18.2 Å². The van der Waals surface area contributed by atoms with Crippen molar-refractivity contribution in [2.45, 2.75) is 19.8 Å². The average molecular weight is 568 g/mol. The third kappa shape index (κ3) is 8.58. The molecule has 0 bridgehead atoms. The minimum atomic E-state index is 0. The molecule has 0 unspecified atom stereocenters. The predicted octanol–water partition coefficient (Wildman–Crippen LogP) is 4.30. The molecule has 1 aliphatic rings. The Morgan fingerprint density at radius 1 is 0.939 bits per heavy atom. The number of aliphatic imine (C=N–C) groups is 1. The van der Waals surface area contributed by atoms with Crippen LogP contribution in [0.4, 0.5) is 11.4 Å². The molecular formula is C25H38IN5O2. The van der Waals surface area contributed by atoms with Crippen LogP contribution in [0.1, 0.15) is 19.8 Å². The summed E-state index contributed by atoms with van der Waals surface area (Å²) in [5.74, 6) is 2.20. The Labute approximate surface area is 215 Å². The van der Waals surface area contributed by atoms with Gasteiger partial charge in [0.1, 0.15) is 0 Å². The lowest BCUT2D eigenvalue weighted by Crippen LogP contribution is -2.46. The van der Waals surface area contributed by atoms with Gasteiger partial charge < -0.3 is 25.0 Å². The van der Waals surface area contributed by atoms with Crippen molar-refractivity contribution in [1.29, 1.82) is 0 Å². The van der Waals surface area contributed by atoms with Crippen molar-refractivity contribution >= 4 is 41.3 Å². The van der Waals surface area contributed by atoms with Gasteiger partial charge >= 0.3 is 0 Å². The van der Waals surface area contributed by atoms with Gasteiger partial charge in [0.05, 0.1) is 14.2 Å². The number of methoxy groups -OCH3 is 2. The molecule has 3 rings (SSSR count). The lowest BCUT2D eigenvalue weighted by Gasteiger charge is -2.36. The number of rotatable bonds is 10. The monoisotopic (exact) mass is 567 g/mol. The van der Waals surface area contributed by atoms with E-state index in [0.29, 0.717) is 11.5 Å². The summed E-state index contributed by atoms with van der Waals surface area (Å²) in [6.45, 7) is 9.27. The van der Waals surface area contributed by atoms with Crippen molar-refractivity contribution < 1.29 is 9.47 Å². The van der Waals surface area contributed by atoms with Crippen LogP contribution in [-0.2, 0) is 0 Å². The Bertz CT molecular complexity index is 842. The highest BCUT2D eigenvalue weighted by Crippen LogP contribution is 2.29. The number of hydrogen-bond acceptors (Lipinski definition) is 5. The smallest absolute Gasteiger partial charge is 0.195 e. The SMILES string of the molecule is CCNC(=NCCCCN1CCN(c2ccccc2)CC1)Nc1ccc(OC)c(OC)c1.I.